The molecule has 0 aliphatic heterocycles. The summed E-state index contributed by atoms with van der Waals surface area (Å²) in [4.78, 5) is 25.1. The molecule has 1 aromatic heterocycles. The van der Waals surface area contributed by atoms with Crippen LogP contribution >= 0.6 is 11.6 Å². The number of hydrogen-bond acceptors (Lipinski definition) is 4. The van der Waals surface area contributed by atoms with E-state index in [0.717, 1.165) is 24.2 Å². The van der Waals surface area contributed by atoms with Gasteiger partial charge >= 0.3 is 5.69 Å². The molecule has 0 bridgehead atoms. The highest BCUT2D eigenvalue weighted by Gasteiger charge is 2.30. The fraction of sp³-hybridized carbons (Fsp3) is 0.286. The van der Waals surface area contributed by atoms with Gasteiger partial charge in [0.1, 0.15) is 5.75 Å². The topological polar surface area (TPSA) is 78.2 Å². The third kappa shape index (κ3) is 4.19. The van der Waals surface area contributed by atoms with Crippen molar-refractivity contribution in [2.75, 3.05) is 13.7 Å². The van der Waals surface area contributed by atoms with Crippen LogP contribution in [0.25, 0.3) is 11.4 Å². The van der Waals surface area contributed by atoms with E-state index in [-0.39, 0.29) is 17.6 Å². The lowest BCUT2D eigenvalue weighted by Gasteiger charge is -2.05. The molecule has 1 N–H and O–H groups in total. The number of hydrogen-bond donors (Lipinski definition) is 1. The van der Waals surface area contributed by atoms with Gasteiger partial charge in [-0.05, 0) is 61.4 Å². The molecular formula is C21H21ClN4O3. The van der Waals surface area contributed by atoms with E-state index in [1.165, 1.54) is 4.68 Å². The maximum Gasteiger partial charge on any atom is 0.346 e. The highest BCUT2D eigenvalue weighted by molar-refractivity contribution is 6.30. The summed E-state index contributed by atoms with van der Waals surface area (Å²) in [5.41, 5.74) is 1.22. The third-order valence-corrected chi connectivity index (χ3v) is 5.10. The van der Waals surface area contributed by atoms with Crippen molar-refractivity contribution in [1.29, 1.82) is 0 Å². The Labute approximate surface area is 172 Å². The van der Waals surface area contributed by atoms with Crippen molar-refractivity contribution in [2.24, 2.45) is 0 Å². The predicted octanol–water partition coefficient (Wildman–Crippen LogP) is 3.14. The van der Waals surface area contributed by atoms with Gasteiger partial charge in [-0.15, -0.1) is 5.10 Å². The van der Waals surface area contributed by atoms with Crippen molar-refractivity contribution in [2.45, 2.75) is 25.4 Å². The number of benzene rings is 2. The first kappa shape index (κ1) is 19.3. The lowest BCUT2D eigenvalue weighted by molar-refractivity contribution is 0.0952. The first-order chi connectivity index (χ1) is 14.1. The number of nitrogens with one attached hydrogen (secondary N) is 1. The van der Waals surface area contributed by atoms with E-state index in [0.29, 0.717) is 29.5 Å². The maximum atomic E-state index is 12.9. The van der Waals surface area contributed by atoms with Crippen LogP contribution in [0.4, 0.5) is 0 Å². The van der Waals surface area contributed by atoms with Crippen LogP contribution in [0.3, 0.4) is 0 Å². The first-order valence-electron chi connectivity index (χ1n) is 9.44. The molecule has 8 heteroatoms. The highest BCUT2D eigenvalue weighted by atomic mass is 35.5. The molecule has 3 aromatic rings. The Morgan fingerprint density at radius 3 is 2.48 bits per heavy atom. The molecule has 4 rings (SSSR count). The lowest BCUT2D eigenvalue weighted by Crippen LogP contribution is -2.32. The molecule has 0 saturated heterocycles. The number of amides is 1. The van der Waals surface area contributed by atoms with Gasteiger partial charge in [-0.2, -0.15) is 0 Å². The summed E-state index contributed by atoms with van der Waals surface area (Å²) in [5, 5.41) is 7.92. The van der Waals surface area contributed by atoms with Gasteiger partial charge in [0.15, 0.2) is 5.82 Å². The minimum Gasteiger partial charge on any atom is -0.497 e. The number of methoxy groups -OCH3 is 1. The Bertz CT molecular complexity index is 1070. The molecule has 1 heterocycles. The van der Waals surface area contributed by atoms with Crippen molar-refractivity contribution in [3.8, 4) is 17.1 Å². The quantitative estimate of drug-likeness (QED) is 0.646. The van der Waals surface area contributed by atoms with Gasteiger partial charge in [-0.25, -0.2) is 9.48 Å². The number of ether oxygens (including phenoxy) is 1. The van der Waals surface area contributed by atoms with E-state index in [4.69, 9.17) is 16.3 Å². The van der Waals surface area contributed by atoms with Crippen LogP contribution in [-0.2, 0) is 6.54 Å². The number of carbonyl (C=O) groups excluding carboxylic acids is 1. The van der Waals surface area contributed by atoms with Crippen LogP contribution in [0, 0.1) is 0 Å². The van der Waals surface area contributed by atoms with Crippen molar-refractivity contribution >= 4 is 17.5 Å². The summed E-state index contributed by atoms with van der Waals surface area (Å²) in [6, 6.07) is 14.3. The largest absolute Gasteiger partial charge is 0.497 e. The van der Waals surface area contributed by atoms with Crippen LogP contribution in [0.2, 0.25) is 5.02 Å². The van der Waals surface area contributed by atoms with Gasteiger partial charge in [0.25, 0.3) is 5.91 Å². The van der Waals surface area contributed by atoms with Crippen molar-refractivity contribution in [1.82, 2.24) is 19.7 Å². The smallest absolute Gasteiger partial charge is 0.346 e. The van der Waals surface area contributed by atoms with Gasteiger partial charge in [-0.1, -0.05) is 11.6 Å². The minimum absolute atomic E-state index is 0.154. The molecule has 0 unspecified atom stereocenters. The molecule has 2 aromatic carbocycles. The van der Waals surface area contributed by atoms with E-state index in [1.807, 2.05) is 24.3 Å². The fourth-order valence-corrected chi connectivity index (χ4v) is 3.27. The Hall–Kier alpha value is -3.06. The van der Waals surface area contributed by atoms with Gasteiger partial charge in [0, 0.05) is 28.7 Å². The molecule has 1 aliphatic rings. The Balaban J connectivity index is 1.49. The average Bonchev–Trinajstić information content (AvgIpc) is 3.52. The molecule has 0 radical (unpaired) electrons. The number of rotatable bonds is 7. The normalized spacial score (nSPS) is 13.3. The van der Waals surface area contributed by atoms with Crippen molar-refractivity contribution < 1.29 is 9.53 Å². The Morgan fingerprint density at radius 1 is 1.17 bits per heavy atom. The zero-order valence-corrected chi connectivity index (χ0v) is 16.7. The molecule has 29 heavy (non-hydrogen) atoms. The van der Waals surface area contributed by atoms with E-state index in [2.05, 4.69) is 10.4 Å². The third-order valence-electron chi connectivity index (χ3n) is 4.85. The fourth-order valence-electron chi connectivity index (χ4n) is 3.14. The zero-order valence-electron chi connectivity index (χ0n) is 16.0. The number of nitrogens with zero attached hydrogens (tertiary/aromatic N) is 3. The molecule has 1 fully saturated rings. The Morgan fingerprint density at radius 2 is 1.86 bits per heavy atom. The first-order valence-corrected chi connectivity index (χ1v) is 9.82. The second kappa shape index (κ2) is 8.13. The number of aromatic nitrogens is 3. The summed E-state index contributed by atoms with van der Waals surface area (Å²) in [6.07, 6.45) is 1.95. The number of halogens is 1. The van der Waals surface area contributed by atoms with Crippen LogP contribution in [-0.4, -0.2) is 33.9 Å². The van der Waals surface area contributed by atoms with E-state index < -0.39 is 0 Å². The SMILES string of the molecule is COc1ccc(-c2nn(CCNC(=O)c3ccc(Cl)cc3)c(=O)n2C2CC2)cc1. The Kier molecular flexibility index (Phi) is 5.40. The van der Waals surface area contributed by atoms with Gasteiger partial charge in [0.05, 0.1) is 13.7 Å². The molecule has 1 aliphatic carbocycles. The van der Waals surface area contributed by atoms with Crippen LogP contribution in [0.5, 0.6) is 5.75 Å². The zero-order chi connectivity index (χ0) is 20.4. The van der Waals surface area contributed by atoms with Gasteiger partial charge < -0.3 is 10.1 Å². The van der Waals surface area contributed by atoms with Gasteiger partial charge in [-0.3, -0.25) is 9.36 Å². The summed E-state index contributed by atoms with van der Waals surface area (Å²) in [7, 11) is 1.61. The summed E-state index contributed by atoms with van der Waals surface area (Å²) in [6.45, 7) is 0.589. The predicted molar refractivity (Wildman–Crippen MR) is 111 cm³/mol. The molecular weight excluding hydrogens is 392 g/mol. The van der Waals surface area contributed by atoms with E-state index >= 15 is 0 Å². The molecule has 1 saturated carbocycles. The van der Waals surface area contributed by atoms with Gasteiger partial charge in [0.2, 0.25) is 0 Å². The monoisotopic (exact) mass is 412 g/mol. The standard InChI is InChI=1S/C21H21ClN4O3/c1-29-18-10-4-14(5-11-18)19-24-25(21(28)26(19)17-8-9-17)13-12-23-20(27)15-2-6-16(22)7-3-15/h2-7,10-11,17H,8-9,12-13H2,1H3,(H,23,27). The minimum atomic E-state index is -0.216. The van der Waals surface area contributed by atoms with Crippen molar-refractivity contribution in [3.05, 3.63) is 69.6 Å². The lowest BCUT2D eigenvalue weighted by atomic mass is 10.2. The molecule has 0 spiro atoms. The van der Waals surface area contributed by atoms with E-state index in [9.17, 15) is 9.59 Å². The summed E-state index contributed by atoms with van der Waals surface area (Å²) < 4.78 is 8.37. The van der Waals surface area contributed by atoms with Crippen LogP contribution in [0.1, 0.15) is 29.2 Å². The average molecular weight is 413 g/mol. The maximum absolute atomic E-state index is 12.9. The number of carbonyl (C=O) groups is 1. The molecule has 7 nitrogen and oxygen atoms in total. The van der Waals surface area contributed by atoms with Crippen LogP contribution < -0.4 is 15.7 Å². The molecule has 1 amide bonds. The molecule has 150 valence electrons. The second-order valence-electron chi connectivity index (χ2n) is 6.92. The highest BCUT2D eigenvalue weighted by Crippen LogP contribution is 2.36. The summed E-state index contributed by atoms with van der Waals surface area (Å²) >= 11 is 5.85. The molecule has 0 atom stereocenters. The summed E-state index contributed by atoms with van der Waals surface area (Å²) in [5.74, 6) is 1.18. The van der Waals surface area contributed by atoms with Crippen molar-refractivity contribution in [3.63, 3.8) is 0 Å². The second-order valence-corrected chi connectivity index (χ2v) is 7.36. The van der Waals surface area contributed by atoms with E-state index in [1.54, 1.807) is 35.9 Å². The van der Waals surface area contributed by atoms with Crippen LogP contribution in [0.15, 0.2) is 53.3 Å².